The molecule has 2 amide bonds. The smallest absolute Gasteiger partial charge is 0.268 e. The van der Waals surface area contributed by atoms with Crippen LogP contribution in [0.3, 0.4) is 0 Å². The summed E-state index contributed by atoms with van der Waals surface area (Å²) in [6.45, 7) is 6.75. The van der Waals surface area contributed by atoms with Gasteiger partial charge in [-0.05, 0) is 44.9 Å². The molecule has 4 rings (SSSR count). The lowest BCUT2D eigenvalue weighted by molar-refractivity contribution is -0.127. The van der Waals surface area contributed by atoms with Crippen LogP contribution in [0.5, 0.6) is 5.75 Å². The van der Waals surface area contributed by atoms with Crippen LogP contribution < -0.4 is 15.0 Å². The Labute approximate surface area is 199 Å². The Hall–Kier alpha value is -3.11. The van der Waals surface area contributed by atoms with Crippen molar-refractivity contribution in [3.05, 3.63) is 39.2 Å². The zero-order chi connectivity index (χ0) is 23.7. The van der Waals surface area contributed by atoms with E-state index < -0.39 is 12.0 Å². The first-order valence-electron chi connectivity index (χ1n) is 10.6. The number of aromatic nitrogens is 2. The molecule has 1 unspecified atom stereocenters. The van der Waals surface area contributed by atoms with E-state index in [4.69, 9.17) is 4.74 Å². The summed E-state index contributed by atoms with van der Waals surface area (Å²) in [5.41, 5.74) is 2.78. The standard InChI is InChI=1S/C23H24N4O4S2/c1-5-6-20-25-16(11-32-20)15-7-8-18-17(9-15)27(22(30)14(4)31-18)10-19(29)26-23-24-12(2)21(33-23)13(3)28/h7-9,11,14H,5-6,10H2,1-4H3,(H,24,26,29). The molecule has 172 valence electrons. The van der Waals surface area contributed by atoms with Gasteiger partial charge in [-0.2, -0.15) is 0 Å². The fourth-order valence-corrected chi connectivity index (χ4v) is 5.37. The van der Waals surface area contributed by atoms with E-state index in [1.165, 1.54) is 11.8 Å². The molecular weight excluding hydrogens is 460 g/mol. The van der Waals surface area contributed by atoms with Gasteiger partial charge in [0.05, 0.1) is 27.0 Å². The Morgan fingerprint density at radius 3 is 2.76 bits per heavy atom. The number of rotatable bonds is 7. The zero-order valence-corrected chi connectivity index (χ0v) is 20.4. The van der Waals surface area contributed by atoms with E-state index in [9.17, 15) is 14.4 Å². The second kappa shape index (κ2) is 9.40. The highest BCUT2D eigenvalue weighted by molar-refractivity contribution is 7.17. The fourth-order valence-electron chi connectivity index (χ4n) is 3.58. The van der Waals surface area contributed by atoms with Crippen LogP contribution in [-0.4, -0.2) is 40.2 Å². The molecular formula is C23H24N4O4S2. The Balaban J connectivity index is 1.59. The van der Waals surface area contributed by atoms with E-state index in [1.54, 1.807) is 31.3 Å². The van der Waals surface area contributed by atoms with Crippen molar-refractivity contribution in [2.75, 3.05) is 16.8 Å². The minimum Gasteiger partial charge on any atom is -0.479 e. The Kier molecular flexibility index (Phi) is 6.57. The summed E-state index contributed by atoms with van der Waals surface area (Å²) < 4.78 is 5.77. The first kappa shape index (κ1) is 23.1. The van der Waals surface area contributed by atoms with E-state index in [-0.39, 0.29) is 18.2 Å². The van der Waals surface area contributed by atoms with Crippen molar-refractivity contribution in [2.24, 2.45) is 0 Å². The van der Waals surface area contributed by atoms with E-state index in [0.717, 1.165) is 40.4 Å². The molecule has 1 aliphatic heterocycles. The van der Waals surface area contributed by atoms with Crippen molar-refractivity contribution >= 4 is 51.1 Å². The van der Waals surface area contributed by atoms with Gasteiger partial charge in [-0.25, -0.2) is 9.97 Å². The Morgan fingerprint density at radius 1 is 1.27 bits per heavy atom. The van der Waals surface area contributed by atoms with Crippen LogP contribution >= 0.6 is 22.7 Å². The summed E-state index contributed by atoms with van der Waals surface area (Å²) in [4.78, 5) is 48.2. The molecule has 33 heavy (non-hydrogen) atoms. The predicted octanol–water partition coefficient (Wildman–Crippen LogP) is 4.48. The van der Waals surface area contributed by atoms with Crippen molar-refractivity contribution in [3.63, 3.8) is 0 Å². The number of thiazole rings is 2. The van der Waals surface area contributed by atoms with Crippen LogP contribution in [-0.2, 0) is 16.0 Å². The van der Waals surface area contributed by atoms with Crippen LogP contribution in [0, 0.1) is 6.92 Å². The largest absolute Gasteiger partial charge is 0.479 e. The summed E-state index contributed by atoms with van der Waals surface area (Å²) in [7, 11) is 0. The normalized spacial score (nSPS) is 15.2. The first-order chi connectivity index (χ1) is 15.8. The second-order valence-corrected chi connectivity index (χ2v) is 9.72. The number of hydrogen-bond donors (Lipinski definition) is 1. The van der Waals surface area contributed by atoms with Gasteiger partial charge in [0.2, 0.25) is 5.91 Å². The van der Waals surface area contributed by atoms with Crippen LogP contribution in [0.1, 0.15) is 47.6 Å². The number of anilines is 2. The van der Waals surface area contributed by atoms with E-state index in [2.05, 4.69) is 22.2 Å². The van der Waals surface area contributed by atoms with Crippen molar-refractivity contribution in [2.45, 2.75) is 46.6 Å². The number of fused-ring (bicyclic) bond motifs is 1. The molecule has 3 heterocycles. The lowest BCUT2D eigenvalue weighted by atomic mass is 10.1. The minimum atomic E-state index is -0.710. The van der Waals surface area contributed by atoms with E-state index >= 15 is 0 Å². The van der Waals surface area contributed by atoms with Crippen molar-refractivity contribution < 1.29 is 19.1 Å². The maximum absolute atomic E-state index is 12.9. The maximum Gasteiger partial charge on any atom is 0.268 e. The van der Waals surface area contributed by atoms with Gasteiger partial charge in [0, 0.05) is 17.9 Å². The molecule has 1 aromatic carbocycles. The molecule has 0 saturated heterocycles. The number of benzene rings is 1. The Morgan fingerprint density at radius 2 is 2.06 bits per heavy atom. The highest BCUT2D eigenvalue weighted by Crippen LogP contribution is 2.38. The molecule has 1 aliphatic rings. The summed E-state index contributed by atoms with van der Waals surface area (Å²) in [5, 5.41) is 6.09. The number of carbonyl (C=O) groups is 3. The summed E-state index contributed by atoms with van der Waals surface area (Å²) in [6.07, 6.45) is 1.23. The lowest BCUT2D eigenvalue weighted by Gasteiger charge is -2.32. The zero-order valence-electron chi connectivity index (χ0n) is 18.8. The molecule has 1 atom stereocenters. The number of aryl methyl sites for hydroxylation is 2. The highest BCUT2D eigenvalue weighted by Gasteiger charge is 2.33. The van der Waals surface area contributed by atoms with Gasteiger partial charge < -0.3 is 10.1 Å². The predicted molar refractivity (Wildman–Crippen MR) is 129 cm³/mol. The van der Waals surface area contributed by atoms with Crippen LogP contribution in [0.4, 0.5) is 10.8 Å². The third-order valence-electron chi connectivity index (χ3n) is 5.14. The van der Waals surface area contributed by atoms with E-state index in [0.29, 0.717) is 27.1 Å². The van der Waals surface area contributed by atoms with Gasteiger partial charge in [0.1, 0.15) is 12.3 Å². The highest BCUT2D eigenvalue weighted by atomic mass is 32.1. The quantitative estimate of drug-likeness (QED) is 0.496. The van der Waals surface area contributed by atoms with Crippen LogP contribution in [0.2, 0.25) is 0 Å². The molecule has 2 aromatic heterocycles. The SMILES string of the molecule is CCCc1nc(-c2ccc3c(c2)N(CC(=O)Nc2nc(C)c(C(C)=O)s2)C(=O)C(C)O3)cs1. The molecule has 1 N–H and O–H groups in total. The summed E-state index contributed by atoms with van der Waals surface area (Å²) in [6, 6.07) is 5.55. The van der Waals surface area contributed by atoms with Crippen LogP contribution in [0.25, 0.3) is 11.3 Å². The van der Waals surface area contributed by atoms with Crippen molar-refractivity contribution in [1.29, 1.82) is 0 Å². The number of ketones is 1. The van der Waals surface area contributed by atoms with Gasteiger partial charge in [-0.1, -0.05) is 18.3 Å². The number of amides is 2. The third-order valence-corrected chi connectivity index (χ3v) is 7.23. The van der Waals surface area contributed by atoms with Crippen LogP contribution in [0.15, 0.2) is 23.6 Å². The first-order valence-corrected chi connectivity index (χ1v) is 12.3. The molecule has 10 heteroatoms. The molecule has 8 nitrogen and oxygen atoms in total. The summed E-state index contributed by atoms with van der Waals surface area (Å²) >= 11 is 2.73. The van der Waals surface area contributed by atoms with Crippen molar-refractivity contribution in [1.82, 2.24) is 9.97 Å². The molecule has 0 bridgehead atoms. The molecule has 0 spiro atoms. The average Bonchev–Trinajstić information content (AvgIpc) is 3.38. The van der Waals surface area contributed by atoms with Gasteiger partial charge >= 0.3 is 0 Å². The lowest BCUT2D eigenvalue weighted by Crippen LogP contribution is -2.47. The van der Waals surface area contributed by atoms with E-state index in [1.807, 2.05) is 17.5 Å². The molecule has 0 fully saturated rings. The van der Waals surface area contributed by atoms with Gasteiger partial charge in [-0.15, -0.1) is 11.3 Å². The fraction of sp³-hybridized carbons (Fsp3) is 0.348. The minimum absolute atomic E-state index is 0.103. The monoisotopic (exact) mass is 484 g/mol. The molecule has 0 radical (unpaired) electrons. The molecule has 0 aliphatic carbocycles. The number of carbonyl (C=O) groups excluding carboxylic acids is 3. The topological polar surface area (TPSA) is 101 Å². The molecule has 3 aromatic rings. The van der Waals surface area contributed by atoms with Gasteiger partial charge in [-0.3, -0.25) is 19.3 Å². The number of nitrogens with one attached hydrogen (secondary N) is 1. The Bertz CT molecular complexity index is 1230. The third kappa shape index (κ3) is 4.81. The maximum atomic E-state index is 12.9. The van der Waals surface area contributed by atoms with Gasteiger partial charge in [0.15, 0.2) is 17.0 Å². The summed E-state index contributed by atoms with van der Waals surface area (Å²) in [5.74, 6) is -0.282. The molecule has 0 saturated carbocycles. The number of Topliss-reactive ketones (excluding diaryl/α,β-unsaturated/α-hetero) is 1. The number of ether oxygens (including phenoxy) is 1. The number of hydrogen-bond acceptors (Lipinski definition) is 8. The second-order valence-electron chi connectivity index (χ2n) is 7.78. The van der Waals surface area contributed by atoms with Gasteiger partial charge in [0.25, 0.3) is 5.91 Å². The van der Waals surface area contributed by atoms with Crippen molar-refractivity contribution in [3.8, 4) is 17.0 Å². The average molecular weight is 485 g/mol. The number of nitrogens with zero attached hydrogens (tertiary/aromatic N) is 3.